The van der Waals surface area contributed by atoms with Gasteiger partial charge in [-0.1, -0.05) is 44.0 Å². The van der Waals surface area contributed by atoms with E-state index in [1.54, 1.807) is 24.5 Å². The van der Waals surface area contributed by atoms with Gasteiger partial charge in [-0.25, -0.2) is 14.2 Å². The van der Waals surface area contributed by atoms with Gasteiger partial charge in [0.15, 0.2) is 0 Å². The first-order chi connectivity index (χ1) is 17.0. The number of aromatic nitrogens is 2. The normalized spacial score (nSPS) is 15.1. The topological polar surface area (TPSA) is 79.6 Å². The summed E-state index contributed by atoms with van der Waals surface area (Å²) in [4.78, 5) is 19.3. The van der Waals surface area contributed by atoms with E-state index in [4.69, 9.17) is 27.9 Å². The molecular formula is C26H31Cl2FN4O3. The van der Waals surface area contributed by atoms with Crippen LogP contribution in [0, 0.1) is 11.2 Å². The maximum Gasteiger partial charge on any atom is 0.407 e. The molecular weight excluding hydrogens is 506 g/mol. The number of ether oxygens (including phenoxy) is 1. The average Bonchev–Trinajstić information content (AvgIpc) is 3.35. The smallest absolute Gasteiger partial charge is 0.407 e. The molecule has 0 spiro atoms. The van der Waals surface area contributed by atoms with Gasteiger partial charge in [0.1, 0.15) is 11.9 Å². The molecule has 1 aliphatic heterocycles. The number of benzene rings is 2. The summed E-state index contributed by atoms with van der Waals surface area (Å²) in [5, 5.41) is 13.7. The molecule has 0 aliphatic carbocycles. The minimum absolute atomic E-state index is 0.0692. The zero-order valence-corrected chi connectivity index (χ0v) is 22.1. The van der Waals surface area contributed by atoms with Gasteiger partial charge in [0.05, 0.1) is 46.6 Å². The predicted octanol–water partition coefficient (Wildman–Crippen LogP) is 5.44. The van der Waals surface area contributed by atoms with Crippen molar-refractivity contribution in [2.75, 3.05) is 24.6 Å². The number of fused-ring (bicyclic) bond motifs is 2. The van der Waals surface area contributed by atoms with Gasteiger partial charge in [0.25, 0.3) is 0 Å². The Morgan fingerprint density at radius 3 is 2.69 bits per heavy atom. The summed E-state index contributed by atoms with van der Waals surface area (Å²) < 4.78 is 21.1. The first kappa shape index (κ1) is 26.5. The molecule has 4 rings (SSSR count). The van der Waals surface area contributed by atoms with Crippen LogP contribution in [-0.4, -0.2) is 52.6 Å². The molecule has 194 valence electrons. The first-order valence-corrected chi connectivity index (χ1v) is 12.7. The van der Waals surface area contributed by atoms with Gasteiger partial charge >= 0.3 is 6.09 Å². The fraction of sp³-hybridized carbons (Fsp3) is 0.462. The summed E-state index contributed by atoms with van der Waals surface area (Å²) in [6.07, 6.45) is 1.75. The first-order valence-electron chi connectivity index (χ1n) is 11.9. The van der Waals surface area contributed by atoms with Gasteiger partial charge in [-0.05, 0) is 54.2 Å². The molecule has 10 heteroatoms. The van der Waals surface area contributed by atoms with Crippen LogP contribution in [0.5, 0.6) is 0 Å². The number of aliphatic hydroxyl groups excluding tert-OH is 1. The van der Waals surface area contributed by atoms with Crippen LogP contribution in [0.4, 0.5) is 14.9 Å². The third kappa shape index (κ3) is 6.41. The number of hydrogen-bond donors (Lipinski definition) is 2. The molecule has 0 unspecified atom stereocenters. The van der Waals surface area contributed by atoms with Crippen molar-refractivity contribution in [3.05, 3.63) is 58.1 Å². The highest BCUT2D eigenvalue weighted by atomic mass is 35.5. The number of carbonyl (C=O) groups excluding carboxylic acids is 1. The quantitative estimate of drug-likeness (QED) is 0.400. The van der Waals surface area contributed by atoms with Crippen LogP contribution in [0.25, 0.3) is 11.0 Å². The average molecular weight is 537 g/mol. The summed E-state index contributed by atoms with van der Waals surface area (Å²) in [5.41, 5.74) is 3.27. The lowest BCUT2D eigenvalue weighted by atomic mass is 9.88. The van der Waals surface area contributed by atoms with Crippen LogP contribution in [0.3, 0.4) is 0 Å². The van der Waals surface area contributed by atoms with E-state index in [0.717, 1.165) is 16.8 Å². The number of anilines is 1. The second-order valence-corrected chi connectivity index (χ2v) is 11.3. The van der Waals surface area contributed by atoms with E-state index in [0.29, 0.717) is 48.0 Å². The van der Waals surface area contributed by atoms with Crippen LogP contribution < -0.4 is 10.2 Å². The Bertz CT molecular complexity index is 1240. The van der Waals surface area contributed by atoms with Crippen molar-refractivity contribution in [2.45, 2.75) is 52.3 Å². The summed E-state index contributed by atoms with van der Waals surface area (Å²) in [7, 11) is 0. The molecule has 3 aromatic rings. The number of rotatable bonds is 8. The van der Waals surface area contributed by atoms with Gasteiger partial charge in [-0.3, -0.25) is 0 Å². The molecule has 0 bridgehead atoms. The molecule has 0 saturated carbocycles. The summed E-state index contributed by atoms with van der Waals surface area (Å²) in [5.74, 6) is -0.272. The number of halogens is 3. The Balaban J connectivity index is 1.43. The highest BCUT2D eigenvalue weighted by Crippen LogP contribution is 2.30. The van der Waals surface area contributed by atoms with Crippen molar-refractivity contribution >= 4 is 46.0 Å². The molecule has 36 heavy (non-hydrogen) atoms. The second kappa shape index (κ2) is 10.8. The standard InChI is InChI=1S/C26H31Cl2FN4O3/c1-26(2,3)11-18(12-33-15-30-22-9-20(27)21(28)10-24(22)33)31-25(35)36-19(14-34)13-32-7-6-16-8-17(29)4-5-23(16)32/h4-5,8-10,15,18-19,34H,6-7,11-14H2,1-3H3,(H,31,35)/t18-,19-/m1/s1. The molecule has 1 aliphatic rings. The van der Waals surface area contributed by atoms with E-state index in [2.05, 4.69) is 31.1 Å². The summed E-state index contributed by atoms with van der Waals surface area (Å²) in [6.45, 7) is 7.41. The Morgan fingerprint density at radius 2 is 1.97 bits per heavy atom. The van der Waals surface area contributed by atoms with Crippen LogP contribution in [0.15, 0.2) is 36.7 Å². The largest absolute Gasteiger partial charge is 0.442 e. The monoisotopic (exact) mass is 536 g/mol. The lowest BCUT2D eigenvalue weighted by Crippen LogP contribution is -2.44. The molecule has 1 aromatic heterocycles. The van der Waals surface area contributed by atoms with Crippen LogP contribution in [-0.2, 0) is 17.7 Å². The zero-order chi connectivity index (χ0) is 26.0. The third-order valence-electron chi connectivity index (χ3n) is 6.20. The Morgan fingerprint density at radius 1 is 1.22 bits per heavy atom. The van der Waals surface area contributed by atoms with E-state index >= 15 is 0 Å². The maximum atomic E-state index is 13.5. The SMILES string of the molecule is CC(C)(C)C[C@H](Cn1cnc2cc(Cl)c(Cl)cc21)NC(=O)O[C@@H](CO)CN1CCc2cc(F)ccc21. The number of imidazole rings is 1. The van der Waals surface area contributed by atoms with Crippen molar-refractivity contribution in [3.8, 4) is 0 Å². The second-order valence-electron chi connectivity index (χ2n) is 10.4. The Hall–Kier alpha value is -2.55. The van der Waals surface area contributed by atoms with Gasteiger partial charge in [0, 0.05) is 18.8 Å². The number of amides is 1. The lowest BCUT2D eigenvalue weighted by molar-refractivity contribution is 0.0579. The number of hydrogen-bond acceptors (Lipinski definition) is 5. The third-order valence-corrected chi connectivity index (χ3v) is 6.92. The number of carbonyl (C=O) groups is 1. The van der Waals surface area contributed by atoms with E-state index in [-0.39, 0.29) is 23.9 Å². The number of nitrogens with one attached hydrogen (secondary N) is 1. The molecule has 7 nitrogen and oxygen atoms in total. The van der Waals surface area contributed by atoms with E-state index in [9.17, 15) is 14.3 Å². The molecule has 0 fully saturated rings. The van der Waals surface area contributed by atoms with Crippen LogP contribution in [0.1, 0.15) is 32.8 Å². The van der Waals surface area contributed by atoms with Gasteiger partial charge in [-0.15, -0.1) is 0 Å². The molecule has 2 N–H and O–H groups in total. The predicted molar refractivity (Wildman–Crippen MR) is 140 cm³/mol. The van der Waals surface area contributed by atoms with Gasteiger partial charge in [0.2, 0.25) is 0 Å². The molecule has 0 saturated heterocycles. The number of aliphatic hydroxyl groups is 1. The number of nitrogens with zero attached hydrogens (tertiary/aromatic N) is 3. The summed E-state index contributed by atoms with van der Waals surface area (Å²) in [6, 6.07) is 7.87. The van der Waals surface area contributed by atoms with Crippen molar-refractivity contribution < 1.29 is 19.0 Å². The van der Waals surface area contributed by atoms with Gasteiger partial charge in [-0.2, -0.15) is 0 Å². The molecule has 1 amide bonds. The molecule has 2 heterocycles. The van der Waals surface area contributed by atoms with E-state index in [1.165, 1.54) is 12.1 Å². The lowest BCUT2D eigenvalue weighted by Gasteiger charge is -2.29. The van der Waals surface area contributed by atoms with E-state index in [1.807, 2.05) is 9.47 Å². The van der Waals surface area contributed by atoms with Crippen LogP contribution >= 0.6 is 23.2 Å². The van der Waals surface area contributed by atoms with Crippen molar-refractivity contribution in [2.24, 2.45) is 5.41 Å². The minimum Gasteiger partial charge on any atom is -0.442 e. The summed E-state index contributed by atoms with van der Waals surface area (Å²) >= 11 is 12.3. The fourth-order valence-corrected chi connectivity index (χ4v) is 5.01. The fourth-order valence-electron chi connectivity index (χ4n) is 4.70. The van der Waals surface area contributed by atoms with Gasteiger partial charge < -0.3 is 24.6 Å². The highest BCUT2D eigenvalue weighted by Gasteiger charge is 2.27. The van der Waals surface area contributed by atoms with E-state index < -0.39 is 12.2 Å². The molecule has 0 radical (unpaired) electrons. The van der Waals surface area contributed by atoms with Crippen molar-refractivity contribution in [1.29, 1.82) is 0 Å². The maximum absolute atomic E-state index is 13.5. The van der Waals surface area contributed by atoms with Crippen molar-refractivity contribution in [3.63, 3.8) is 0 Å². The Labute approximate surface area is 220 Å². The van der Waals surface area contributed by atoms with Crippen LogP contribution in [0.2, 0.25) is 10.0 Å². The molecule has 2 atom stereocenters. The highest BCUT2D eigenvalue weighted by molar-refractivity contribution is 6.42. The van der Waals surface area contributed by atoms with Crippen molar-refractivity contribution in [1.82, 2.24) is 14.9 Å². The Kier molecular flexibility index (Phi) is 7.97. The number of alkyl carbamates (subject to hydrolysis) is 1. The molecule has 2 aromatic carbocycles. The minimum atomic E-state index is -0.730. The zero-order valence-electron chi connectivity index (χ0n) is 20.6.